The first-order valence-corrected chi connectivity index (χ1v) is 9.48. The normalized spacial score (nSPS) is 11.5. The number of carbonyl (C=O) groups excluding carboxylic acids is 1. The number of thiazole rings is 1. The lowest BCUT2D eigenvalue weighted by molar-refractivity contribution is 0.0998. The summed E-state index contributed by atoms with van der Waals surface area (Å²) in [7, 11) is 3.52. The number of rotatable bonds is 5. The van der Waals surface area contributed by atoms with Crippen LogP contribution in [0.3, 0.4) is 0 Å². The molecule has 0 atom stereocenters. The van der Waals surface area contributed by atoms with E-state index in [1.807, 2.05) is 49.7 Å². The highest BCUT2D eigenvalue weighted by molar-refractivity contribution is 7.09. The predicted molar refractivity (Wildman–Crippen MR) is 108 cm³/mol. The third-order valence-electron chi connectivity index (χ3n) is 4.17. The van der Waals surface area contributed by atoms with Gasteiger partial charge in [-0.3, -0.25) is 4.79 Å². The lowest BCUT2D eigenvalue weighted by Gasteiger charge is -2.07. The van der Waals surface area contributed by atoms with E-state index in [4.69, 9.17) is 9.47 Å². The second-order valence-corrected chi connectivity index (χ2v) is 7.13. The Bertz CT molecular complexity index is 999. The summed E-state index contributed by atoms with van der Waals surface area (Å²) in [6.45, 7) is 4.64. The topological polar surface area (TPSA) is 52.8 Å². The SMILES string of the molecule is CCOc1ccc(-c2c(C)sc(=NC(=O)c3ccc(OC)cc3)n2C)cc1. The molecule has 3 aromatic rings. The van der Waals surface area contributed by atoms with Crippen LogP contribution in [0, 0.1) is 6.92 Å². The Labute approximate surface area is 162 Å². The number of hydrogen-bond acceptors (Lipinski definition) is 4. The van der Waals surface area contributed by atoms with Gasteiger partial charge in [-0.05, 0) is 67.9 Å². The zero-order valence-electron chi connectivity index (χ0n) is 15.9. The van der Waals surface area contributed by atoms with Crippen molar-refractivity contribution in [1.29, 1.82) is 0 Å². The summed E-state index contributed by atoms with van der Waals surface area (Å²) in [5.74, 6) is 1.28. The fourth-order valence-electron chi connectivity index (χ4n) is 2.84. The number of amides is 1. The molecule has 0 N–H and O–H groups in total. The van der Waals surface area contributed by atoms with Crippen LogP contribution in [-0.2, 0) is 7.05 Å². The summed E-state index contributed by atoms with van der Waals surface area (Å²) >= 11 is 1.50. The molecule has 0 bridgehead atoms. The van der Waals surface area contributed by atoms with E-state index in [9.17, 15) is 4.79 Å². The number of ether oxygens (including phenoxy) is 2. The van der Waals surface area contributed by atoms with Crippen LogP contribution in [0.2, 0.25) is 0 Å². The Hall–Kier alpha value is -2.86. The van der Waals surface area contributed by atoms with Crippen LogP contribution >= 0.6 is 11.3 Å². The van der Waals surface area contributed by atoms with Gasteiger partial charge in [0.2, 0.25) is 0 Å². The second kappa shape index (κ2) is 8.22. The maximum Gasteiger partial charge on any atom is 0.279 e. The van der Waals surface area contributed by atoms with E-state index in [1.165, 1.54) is 11.3 Å². The van der Waals surface area contributed by atoms with Gasteiger partial charge in [-0.1, -0.05) is 0 Å². The van der Waals surface area contributed by atoms with Crippen molar-refractivity contribution in [2.24, 2.45) is 12.0 Å². The molecule has 27 heavy (non-hydrogen) atoms. The fourth-order valence-corrected chi connectivity index (χ4v) is 3.82. The molecule has 0 spiro atoms. The number of nitrogens with zero attached hydrogens (tertiary/aromatic N) is 2. The van der Waals surface area contributed by atoms with Crippen LogP contribution in [0.1, 0.15) is 22.2 Å². The molecule has 1 heterocycles. The standard InChI is InChI=1S/C21H22N2O3S/c1-5-26-18-12-6-15(7-13-18)19-14(2)27-21(23(19)3)22-20(24)16-8-10-17(25-4)11-9-16/h6-13H,5H2,1-4H3. The monoisotopic (exact) mass is 382 g/mol. The summed E-state index contributed by atoms with van der Waals surface area (Å²) in [5, 5.41) is 0. The molecule has 0 radical (unpaired) electrons. The summed E-state index contributed by atoms with van der Waals surface area (Å²) in [4.78, 5) is 18.6. The first-order valence-electron chi connectivity index (χ1n) is 8.66. The number of carbonyl (C=O) groups is 1. The predicted octanol–water partition coefficient (Wildman–Crippen LogP) is 4.21. The molecule has 6 heteroatoms. The van der Waals surface area contributed by atoms with Crippen LogP contribution in [-0.4, -0.2) is 24.2 Å². The summed E-state index contributed by atoms with van der Waals surface area (Å²) < 4.78 is 12.6. The van der Waals surface area contributed by atoms with Crippen molar-refractivity contribution < 1.29 is 14.3 Å². The van der Waals surface area contributed by atoms with E-state index >= 15 is 0 Å². The molecule has 0 unspecified atom stereocenters. The van der Waals surface area contributed by atoms with Gasteiger partial charge in [-0.25, -0.2) is 0 Å². The summed E-state index contributed by atoms with van der Waals surface area (Å²) in [5.41, 5.74) is 2.64. The Morgan fingerprint density at radius 1 is 1.07 bits per heavy atom. The number of methoxy groups -OCH3 is 1. The smallest absolute Gasteiger partial charge is 0.279 e. The zero-order chi connectivity index (χ0) is 19.4. The summed E-state index contributed by atoms with van der Waals surface area (Å²) in [6, 6.07) is 14.9. The molecule has 0 aliphatic heterocycles. The highest BCUT2D eigenvalue weighted by Crippen LogP contribution is 2.26. The van der Waals surface area contributed by atoms with Gasteiger partial charge in [0.15, 0.2) is 4.80 Å². The minimum atomic E-state index is -0.271. The van der Waals surface area contributed by atoms with Crippen molar-refractivity contribution in [3.8, 4) is 22.8 Å². The fraction of sp³-hybridized carbons (Fsp3) is 0.238. The minimum Gasteiger partial charge on any atom is -0.497 e. The van der Waals surface area contributed by atoms with E-state index in [2.05, 4.69) is 4.99 Å². The number of hydrogen-bond donors (Lipinski definition) is 0. The Balaban J connectivity index is 1.94. The lowest BCUT2D eigenvalue weighted by Crippen LogP contribution is -2.14. The minimum absolute atomic E-state index is 0.271. The van der Waals surface area contributed by atoms with Crippen molar-refractivity contribution in [3.05, 3.63) is 63.8 Å². The molecule has 2 aromatic carbocycles. The van der Waals surface area contributed by atoms with E-state index in [0.29, 0.717) is 22.7 Å². The lowest BCUT2D eigenvalue weighted by atomic mass is 10.1. The molecule has 3 rings (SSSR count). The molecule has 0 aliphatic carbocycles. The number of aromatic nitrogens is 1. The largest absolute Gasteiger partial charge is 0.497 e. The number of benzene rings is 2. The van der Waals surface area contributed by atoms with Crippen LogP contribution in [0.25, 0.3) is 11.3 Å². The van der Waals surface area contributed by atoms with E-state index in [1.54, 1.807) is 31.4 Å². The molecule has 140 valence electrons. The third-order valence-corrected chi connectivity index (χ3v) is 5.22. The highest BCUT2D eigenvalue weighted by atomic mass is 32.1. The first kappa shape index (κ1) is 18.9. The third kappa shape index (κ3) is 4.11. The van der Waals surface area contributed by atoms with Crippen LogP contribution < -0.4 is 14.3 Å². The second-order valence-electron chi connectivity index (χ2n) is 5.95. The van der Waals surface area contributed by atoms with Crippen LogP contribution in [0.4, 0.5) is 0 Å². The Morgan fingerprint density at radius 3 is 2.30 bits per heavy atom. The van der Waals surface area contributed by atoms with Gasteiger partial charge in [0.05, 0.1) is 19.4 Å². The van der Waals surface area contributed by atoms with Gasteiger partial charge in [0.1, 0.15) is 11.5 Å². The van der Waals surface area contributed by atoms with Crippen molar-refractivity contribution in [2.75, 3.05) is 13.7 Å². The van der Waals surface area contributed by atoms with Crippen LogP contribution in [0.15, 0.2) is 53.5 Å². The number of aryl methyl sites for hydroxylation is 1. The van der Waals surface area contributed by atoms with Crippen molar-refractivity contribution in [2.45, 2.75) is 13.8 Å². The van der Waals surface area contributed by atoms with E-state index in [-0.39, 0.29) is 5.91 Å². The maximum absolute atomic E-state index is 12.5. The van der Waals surface area contributed by atoms with E-state index < -0.39 is 0 Å². The van der Waals surface area contributed by atoms with Gasteiger partial charge in [-0.2, -0.15) is 4.99 Å². The van der Waals surface area contributed by atoms with Crippen LogP contribution in [0.5, 0.6) is 11.5 Å². The Kier molecular flexibility index (Phi) is 5.76. The molecular formula is C21H22N2O3S. The van der Waals surface area contributed by atoms with Crippen molar-refractivity contribution in [3.63, 3.8) is 0 Å². The van der Waals surface area contributed by atoms with Crippen molar-refractivity contribution >= 4 is 17.2 Å². The molecule has 0 saturated carbocycles. The van der Waals surface area contributed by atoms with Gasteiger partial charge < -0.3 is 14.0 Å². The average molecular weight is 382 g/mol. The van der Waals surface area contributed by atoms with Gasteiger partial charge in [0, 0.05) is 17.5 Å². The molecule has 5 nitrogen and oxygen atoms in total. The van der Waals surface area contributed by atoms with Crippen molar-refractivity contribution in [1.82, 2.24) is 4.57 Å². The molecule has 0 aliphatic rings. The first-order chi connectivity index (χ1) is 13.0. The maximum atomic E-state index is 12.5. The Morgan fingerprint density at radius 2 is 1.70 bits per heavy atom. The average Bonchev–Trinajstić information content (AvgIpc) is 2.96. The quantitative estimate of drug-likeness (QED) is 0.664. The highest BCUT2D eigenvalue weighted by Gasteiger charge is 2.12. The zero-order valence-corrected chi connectivity index (χ0v) is 16.7. The molecule has 1 amide bonds. The molecule has 0 fully saturated rings. The summed E-state index contributed by atoms with van der Waals surface area (Å²) in [6.07, 6.45) is 0. The molecule has 0 saturated heterocycles. The van der Waals surface area contributed by atoms with Gasteiger partial charge in [0.25, 0.3) is 5.91 Å². The van der Waals surface area contributed by atoms with Gasteiger partial charge in [-0.15, -0.1) is 11.3 Å². The molecular weight excluding hydrogens is 360 g/mol. The molecule has 1 aromatic heterocycles. The van der Waals surface area contributed by atoms with E-state index in [0.717, 1.165) is 21.9 Å². The van der Waals surface area contributed by atoms with Gasteiger partial charge >= 0.3 is 0 Å².